The predicted molar refractivity (Wildman–Crippen MR) is 88.2 cm³/mol. The van der Waals surface area contributed by atoms with Crippen molar-refractivity contribution in [1.82, 2.24) is 4.98 Å². The van der Waals surface area contributed by atoms with E-state index in [0.717, 1.165) is 38.8 Å². The Labute approximate surface area is 139 Å². The number of fused-ring (bicyclic) bond motifs is 1. The van der Waals surface area contributed by atoms with Gasteiger partial charge in [-0.05, 0) is 35.9 Å². The summed E-state index contributed by atoms with van der Waals surface area (Å²) in [4.78, 5) is 4.36. The third-order valence-corrected chi connectivity index (χ3v) is 4.17. The second kappa shape index (κ2) is 6.20. The van der Waals surface area contributed by atoms with Crippen molar-refractivity contribution in [3.8, 4) is 0 Å². The number of anilines is 1. The van der Waals surface area contributed by atoms with Crippen LogP contribution in [0.2, 0.25) is 0 Å². The summed E-state index contributed by atoms with van der Waals surface area (Å²) in [7, 11) is 0. The second-order valence-corrected chi connectivity index (χ2v) is 5.90. The molecule has 0 aliphatic carbocycles. The largest absolute Gasteiger partial charge is 0.416 e. The first-order chi connectivity index (χ1) is 10.9. The fraction of sp³-hybridized carbons (Fsp3) is 0.118. The summed E-state index contributed by atoms with van der Waals surface area (Å²) >= 11 is 3.48. The number of aromatic nitrogens is 1. The topological polar surface area (TPSA) is 24.9 Å². The van der Waals surface area contributed by atoms with Crippen LogP contribution in [0.25, 0.3) is 10.9 Å². The van der Waals surface area contributed by atoms with Crippen molar-refractivity contribution in [2.24, 2.45) is 0 Å². The van der Waals surface area contributed by atoms with Gasteiger partial charge in [0.15, 0.2) is 0 Å². The van der Waals surface area contributed by atoms with Gasteiger partial charge in [0.25, 0.3) is 0 Å². The molecule has 0 aliphatic heterocycles. The molecule has 0 saturated heterocycles. The summed E-state index contributed by atoms with van der Waals surface area (Å²) in [6.07, 6.45) is -2.60. The quantitative estimate of drug-likeness (QED) is 0.636. The van der Waals surface area contributed by atoms with E-state index in [2.05, 4.69) is 26.2 Å². The minimum Gasteiger partial charge on any atom is -0.379 e. The third kappa shape index (κ3) is 3.47. The summed E-state index contributed by atoms with van der Waals surface area (Å²) in [6, 6.07) is 12.8. The Morgan fingerprint density at radius 3 is 2.43 bits per heavy atom. The normalized spacial score (nSPS) is 11.7. The summed E-state index contributed by atoms with van der Waals surface area (Å²) in [5, 5.41) is 4.20. The van der Waals surface area contributed by atoms with Crippen LogP contribution in [-0.2, 0) is 12.7 Å². The summed E-state index contributed by atoms with van der Waals surface area (Å²) < 4.78 is 38.6. The van der Waals surface area contributed by atoms with Crippen LogP contribution < -0.4 is 5.32 Å². The van der Waals surface area contributed by atoms with Crippen molar-refractivity contribution in [3.63, 3.8) is 0 Å². The Kier molecular flexibility index (Phi) is 4.26. The van der Waals surface area contributed by atoms with E-state index in [1.54, 1.807) is 6.20 Å². The van der Waals surface area contributed by atoms with E-state index in [9.17, 15) is 13.2 Å². The lowest BCUT2D eigenvalue weighted by atomic mass is 10.1. The number of halogens is 4. The standard InChI is InChI=1S/C17H12BrF3N2/c18-14-7-8-15(16-13(14)2-1-9-22-16)23-10-11-3-5-12(6-4-11)17(19,20)21/h1-9,23H,10H2. The molecular formula is C17H12BrF3N2. The molecular weight excluding hydrogens is 369 g/mol. The van der Waals surface area contributed by atoms with Gasteiger partial charge < -0.3 is 5.32 Å². The molecule has 0 atom stereocenters. The van der Waals surface area contributed by atoms with Gasteiger partial charge in [-0.3, -0.25) is 4.98 Å². The minimum atomic E-state index is -4.31. The van der Waals surface area contributed by atoms with Crippen LogP contribution in [-0.4, -0.2) is 4.98 Å². The molecule has 3 rings (SSSR count). The monoisotopic (exact) mass is 380 g/mol. The first kappa shape index (κ1) is 15.8. The van der Waals surface area contributed by atoms with E-state index in [4.69, 9.17) is 0 Å². The maximum atomic E-state index is 12.6. The van der Waals surface area contributed by atoms with Gasteiger partial charge >= 0.3 is 6.18 Å². The maximum absolute atomic E-state index is 12.6. The lowest BCUT2D eigenvalue weighted by Crippen LogP contribution is -2.05. The zero-order chi connectivity index (χ0) is 16.4. The van der Waals surface area contributed by atoms with Crippen LogP contribution in [0.4, 0.5) is 18.9 Å². The number of rotatable bonds is 3. The van der Waals surface area contributed by atoms with Gasteiger partial charge in [-0.25, -0.2) is 0 Å². The molecule has 1 N–H and O–H groups in total. The Bertz CT molecular complexity index is 829. The predicted octanol–water partition coefficient (Wildman–Crippen LogP) is 5.63. The fourth-order valence-corrected chi connectivity index (χ4v) is 2.74. The van der Waals surface area contributed by atoms with Crippen molar-refractivity contribution in [1.29, 1.82) is 0 Å². The van der Waals surface area contributed by atoms with Gasteiger partial charge in [-0.15, -0.1) is 0 Å². The highest BCUT2D eigenvalue weighted by Crippen LogP contribution is 2.30. The zero-order valence-corrected chi connectivity index (χ0v) is 13.4. The number of nitrogens with one attached hydrogen (secondary N) is 1. The van der Waals surface area contributed by atoms with Crippen molar-refractivity contribution < 1.29 is 13.2 Å². The maximum Gasteiger partial charge on any atom is 0.416 e. The summed E-state index contributed by atoms with van der Waals surface area (Å²) in [5.41, 5.74) is 1.78. The SMILES string of the molecule is FC(F)(F)c1ccc(CNc2ccc(Br)c3cccnc23)cc1. The van der Waals surface area contributed by atoms with Gasteiger partial charge in [0.2, 0.25) is 0 Å². The number of pyridine rings is 1. The molecule has 0 unspecified atom stereocenters. The number of benzene rings is 2. The highest BCUT2D eigenvalue weighted by Gasteiger charge is 2.29. The molecule has 0 bridgehead atoms. The number of hydrogen-bond donors (Lipinski definition) is 1. The Morgan fingerprint density at radius 1 is 1.00 bits per heavy atom. The zero-order valence-electron chi connectivity index (χ0n) is 11.9. The van der Waals surface area contributed by atoms with Crippen LogP contribution in [0.5, 0.6) is 0 Å². The number of alkyl halides is 3. The van der Waals surface area contributed by atoms with E-state index in [0.29, 0.717) is 6.54 Å². The average Bonchev–Trinajstić information content (AvgIpc) is 2.54. The average molecular weight is 381 g/mol. The molecule has 6 heteroatoms. The van der Waals surface area contributed by atoms with Crippen LogP contribution >= 0.6 is 15.9 Å². The van der Waals surface area contributed by atoms with Gasteiger partial charge in [0.05, 0.1) is 16.8 Å². The molecule has 2 aromatic carbocycles. The van der Waals surface area contributed by atoms with Crippen LogP contribution in [0.1, 0.15) is 11.1 Å². The molecule has 0 spiro atoms. The van der Waals surface area contributed by atoms with Crippen LogP contribution in [0, 0.1) is 0 Å². The van der Waals surface area contributed by atoms with E-state index >= 15 is 0 Å². The molecule has 23 heavy (non-hydrogen) atoms. The third-order valence-electron chi connectivity index (χ3n) is 3.48. The summed E-state index contributed by atoms with van der Waals surface area (Å²) in [6.45, 7) is 0.422. The highest BCUT2D eigenvalue weighted by atomic mass is 79.9. The van der Waals surface area contributed by atoms with Gasteiger partial charge in [0.1, 0.15) is 0 Å². The van der Waals surface area contributed by atoms with Gasteiger partial charge in [0, 0.05) is 22.6 Å². The Balaban J connectivity index is 1.80. The smallest absolute Gasteiger partial charge is 0.379 e. The van der Waals surface area contributed by atoms with E-state index in [-0.39, 0.29) is 0 Å². The highest BCUT2D eigenvalue weighted by molar-refractivity contribution is 9.10. The summed E-state index contributed by atoms with van der Waals surface area (Å²) in [5.74, 6) is 0. The van der Waals surface area contributed by atoms with E-state index in [1.807, 2.05) is 24.3 Å². The number of hydrogen-bond acceptors (Lipinski definition) is 2. The van der Waals surface area contributed by atoms with Crippen LogP contribution in [0.15, 0.2) is 59.2 Å². The molecule has 0 fully saturated rings. The fourth-order valence-electron chi connectivity index (χ4n) is 2.29. The molecule has 0 aliphatic rings. The lowest BCUT2D eigenvalue weighted by molar-refractivity contribution is -0.137. The Morgan fingerprint density at radius 2 is 1.74 bits per heavy atom. The van der Waals surface area contributed by atoms with Gasteiger partial charge in [-0.1, -0.05) is 34.1 Å². The van der Waals surface area contributed by atoms with E-state index < -0.39 is 11.7 Å². The first-order valence-electron chi connectivity index (χ1n) is 6.88. The van der Waals surface area contributed by atoms with Crippen molar-refractivity contribution in [2.75, 3.05) is 5.32 Å². The molecule has 2 nitrogen and oxygen atoms in total. The minimum absolute atomic E-state index is 0.422. The molecule has 1 heterocycles. The molecule has 3 aromatic rings. The molecule has 118 valence electrons. The molecule has 1 aromatic heterocycles. The first-order valence-corrected chi connectivity index (χ1v) is 7.68. The molecule has 0 saturated carbocycles. The van der Waals surface area contributed by atoms with E-state index in [1.165, 1.54) is 12.1 Å². The van der Waals surface area contributed by atoms with Gasteiger partial charge in [-0.2, -0.15) is 13.2 Å². The lowest BCUT2D eigenvalue weighted by Gasteiger charge is -2.11. The van der Waals surface area contributed by atoms with Crippen molar-refractivity contribution in [2.45, 2.75) is 12.7 Å². The van der Waals surface area contributed by atoms with Crippen molar-refractivity contribution >= 4 is 32.5 Å². The van der Waals surface area contributed by atoms with Crippen LogP contribution in [0.3, 0.4) is 0 Å². The molecule has 0 radical (unpaired) electrons. The van der Waals surface area contributed by atoms with Crippen molar-refractivity contribution in [3.05, 3.63) is 70.3 Å². The number of nitrogens with zero attached hydrogens (tertiary/aromatic N) is 1. The second-order valence-electron chi connectivity index (χ2n) is 5.04. The Hall–Kier alpha value is -2.08. The molecule has 0 amide bonds.